The first-order chi connectivity index (χ1) is 13.2. The maximum atomic E-state index is 13.4. The summed E-state index contributed by atoms with van der Waals surface area (Å²) in [6, 6.07) is 25.3. The molecule has 0 bridgehead atoms. The van der Waals surface area contributed by atoms with E-state index in [9.17, 15) is 9.18 Å². The molecule has 138 valence electrons. The highest BCUT2D eigenvalue weighted by molar-refractivity contribution is 5.77. The highest BCUT2D eigenvalue weighted by atomic mass is 19.1. The highest BCUT2D eigenvalue weighted by Crippen LogP contribution is 2.27. The van der Waals surface area contributed by atoms with Crippen LogP contribution < -0.4 is 0 Å². The normalized spacial score (nSPS) is 12.0. The van der Waals surface area contributed by atoms with Gasteiger partial charge >= 0.3 is 5.97 Å². The molecule has 4 heteroatoms. The predicted molar refractivity (Wildman–Crippen MR) is 103 cm³/mol. The van der Waals surface area contributed by atoms with Crippen LogP contribution in [0.2, 0.25) is 0 Å². The number of nitrogens with zero attached hydrogens (tertiary/aromatic N) is 1. The van der Waals surface area contributed by atoms with Gasteiger partial charge in [0.15, 0.2) is 0 Å². The number of ether oxygens (including phenoxy) is 1. The summed E-state index contributed by atoms with van der Waals surface area (Å²) in [7, 11) is 1.38. The third-order valence-electron chi connectivity index (χ3n) is 4.43. The molecule has 0 aromatic heterocycles. The Bertz CT molecular complexity index is 809. The number of carbonyl (C=O) groups excluding carboxylic acids is 1. The number of carbonyl (C=O) groups is 1. The summed E-state index contributed by atoms with van der Waals surface area (Å²) in [6.07, 6.45) is 0. The summed E-state index contributed by atoms with van der Waals surface area (Å²) in [5.41, 5.74) is 2.88. The number of methoxy groups -OCH3 is 1. The van der Waals surface area contributed by atoms with Crippen molar-refractivity contribution in [3.8, 4) is 0 Å². The van der Waals surface area contributed by atoms with Crippen molar-refractivity contribution in [2.24, 2.45) is 0 Å². The average molecular weight is 363 g/mol. The van der Waals surface area contributed by atoms with E-state index in [-0.39, 0.29) is 11.8 Å². The third-order valence-corrected chi connectivity index (χ3v) is 4.43. The molecule has 0 amide bonds. The Labute approximate surface area is 159 Å². The molecule has 0 fully saturated rings. The van der Waals surface area contributed by atoms with Crippen molar-refractivity contribution >= 4 is 5.97 Å². The topological polar surface area (TPSA) is 29.5 Å². The van der Waals surface area contributed by atoms with Gasteiger partial charge in [0.05, 0.1) is 7.11 Å². The van der Waals surface area contributed by atoms with E-state index in [1.54, 1.807) is 12.1 Å². The van der Waals surface area contributed by atoms with Gasteiger partial charge in [-0.05, 0) is 28.8 Å². The Balaban J connectivity index is 1.98. The average Bonchev–Trinajstić information content (AvgIpc) is 2.71. The van der Waals surface area contributed by atoms with E-state index in [1.165, 1.54) is 19.2 Å². The van der Waals surface area contributed by atoms with Gasteiger partial charge in [0.2, 0.25) is 0 Å². The lowest BCUT2D eigenvalue weighted by Crippen LogP contribution is -2.34. The first-order valence-electron chi connectivity index (χ1n) is 8.82. The molecule has 0 N–H and O–H groups in total. The Hall–Kier alpha value is -2.98. The Kier molecular flexibility index (Phi) is 6.34. The van der Waals surface area contributed by atoms with Crippen LogP contribution in [0.15, 0.2) is 84.9 Å². The minimum absolute atomic E-state index is 0.333. The number of hydrogen-bond donors (Lipinski definition) is 0. The molecule has 1 atom stereocenters. The standard InChI is InChI=1S/C23H22FNO2/c1-27-23(26)22(20-12-14-21(24)15-13-20)25(16-18-8-4-2-5-9-18)17-19-10-6-3-7-11-19/h2-15,22H,16-17H2,1H3/t22-/m1/s1. The maximum Gasteiger partial charge on any atom is 0.327 e. The Morgan fingerprint density at radius 2 is 1.33 bits per heavy atom. The van der Waals surface area contributed by atoms with Crippen LogP contribution in [0, 0.1) is 5.82 Å². The molecule has 3 aromatic rings. The molecule has 0 saturated carbocycles. The maximum absolute atomic E-state index is 13.4. The summed E-state index contributed by atoms with van der Waals surface area (Å²) in [5, 5.41) is 0. The zero-order chi connectivity index (χ0) is 19.1. The van der Waals surface area contributed by atoms with E-state index in [1.807, 2.05) is 65.6 Å². The van der Waals surface area contributed by atoms with Crippen LogP contribution >= 0.6 is 0 Å². The summed E-state index contributed by atoms with van der Waals surface area (Å²) in [5.74, 6) is -0.700. The summed E-state index contributed by atoms with van der Waals surface area (Å²) in [6.45, 7) is 1.12. The van der Waals surface area contributed by atoms with Crippen LogP contribution in [0.25, 0.3) is 0 Å². The van der Waals surface area contributed by atoms with Gasteiger partial charge in [-0.3, -0.25) is 4.90 Å². The first kappa shape index (κ1) is 18.8. The van der Waals surface area contributed by atoms with E-state index in [4.69, 9.17) is 4.74 Å². The molecule has 0 aliphatic carbocycles. The zero-order valence-corrected chi connectivity index (χ0v) is 15.2. The molecule has 0 unspecified atom stereocenters. The molecule has 27 heavy (non-hydrogen) atoms. The smallest absolute Gasteiger partial charge is 0.327 e. The summed E-state index contributed by atoms with van der Waals surface area (Å²) >= 11 is 0. The SMILES string of the molecule is COC(=O)[C@@H](c1ccc(F)cc1)N(Cc1ccccc1)Cc1ccccc1. The van der Waals surface area contributed by atoms with Crippen LogP contribution in [0.3, 0.4) is 0 Å². The molecular formula is C23H22FNO2. The second kappa shape index (κ2) is 9.10. The summed E-state index contributed by atoms with van der Waals surface area (Å²) < 4.78 is 18.5. The van der Waals surface area contributed by atoms with E-state index in [2.05, 4.69) is 0 Å². The number of hydrogen-bond acceptors (Lipinski definition) is 3. The van der Waals surface area contributed by atoms with Crippen molar-refractivity contribution < 1.29 is 13.9 Å². The van der Waals surface area contributed by atoms with Gasteiger partial charge in [0.1, 0.15) is 11.9 Å². The molecule has 0 aliphatic rings. The zero-order valence-electron chi connectivity index (χ0n) is 15.2. The number of benzene rings is 3. The molecule has 3 aromatic carbocycles. The molecule has 0 spiro atoms. The Morgan fingerprint density at radius 1 is 0.852 bits per heavy atom. The van der Waals surface area contributed by atoms with Crippen LogP contribution in [-0.4, -0.2) is 18.0 Å². The first-order valence-corrected chi connectivity index (χ1v) is 8.82. The van der Waals surface area contributed by atoms with Crippen molar-refractivity contribution in [1.29, 1.82) is 0 Å². The summed E-state index contributed by atoms with van der Waals surface area (Å²) in [4.78, 5) is 14.7. The van der Waals surface area contributed by atoms with Crippen LogP contribution in [0.4, 0.5) is 4.39 Å². The van der Waals surface area contributed by atoms with Crippen LogP contribution in [0.5, 0.6) is 0 Å². The Morgan fingerprint density at radius 3 is 1.78 bits per heavy atom. The van der Waals surface area contributed by atoms with Crippen LogP contribution in [-0.2, 0) is 22.6 Å². The third kappa shape index (κ3) is 5.02. The fraction of sp³-hybridized carbons (Fsp3) is 0.174. The van der Waals surface area contributed by atoms with Gasteiger partial charge < -0.3 is 4.74 Å². The monoisotopic (exact) mass is 363 g/mol. The predicted octanol–water partition coefficient (Wildman–Crippen LogP) is 4.74. The van der Waals surface area contributed by atoms with Crippen LogP contribution in [0.1, 0.15) is 22.7 Å². The van der Waals surface area contributed by atoms with Crippen molar-refractivity contribution in [1.82, 2.24) is 4.90 Å². The molecule has 0 radical (unpaired) electrons. The van der Waals surface area contributed by atoms with Gasteiger partial charge in [-0.15, -0.1) is 0 Å². The molecule has 0 saturated heterocycles. The lowest BCUT2D eigenvalue weighted by molar-refractivity contribution is -0.148. The number of rotatable bonds is 7. The lowest BCUT2D eigenvalue weighted by atomic mass is 10.0. The largest absolute Gasteiger partial charge is 0.468 e. The molecule has 3 rings (SSSR count). The fourth-order valence-corrected chi connectivity index (χ4v) is 3.13. The second-order valence-electron chi connectivity index (χ2n) is 6.35. The molecular weight excluding hydrogens is 341 g/mol. The minimum Gasteiger partial charge on any atom is -0.468 e. The van der Waals surface area contributed by atoms with Crippen molar-refractivity contribution in [3.05, 3.63) is 107 Å². The van der Waals surface area contributed by atoms with Crippen molar-refractivity contribution in [3.63, 3.8) is 0 Å². The minimum atomic E-state index is -0.629. The van der Waals surface area contributed by atoms with Gasteiger partial charge in [-0.25, -0.2) is 9.18 Å². The molecule has 0 aliphatic heterocycles. The van der Waals surface area contributed by atoms with Crippen molar-refractivity contribution in [2.75, 3.05) is 7.11 Å². The van der Waals surface area contributed by atoms with Gasteiger partial charge in [0.25, 0.3) is 0 Å². The van der Waals surface area contributed by atoms with Gasteiger partial charge in [0, 0.05) is 13.1 Å². The van der Waals surface area contributed by atoms with Gasteiger partial charge in [-0.1, -0.05) is 72.8 Å². The van der Waals surface area contributed by atoms with Crippen molar-refractivity contribution in [2.45, 2.75) is 19.1 Å². The lowest BCUT2D eigenvalue weighted by Gasteiger charge is -2.30. The van der Waals surface area contributed by atoms with E-state index >= 15 is 0 Å². The second-order valence-corrected chi connectivity index (χ2v) is 6.35. The van der Waals surface area contributed by atoms with E-state index < -0.39 is 6.04 Å². The fourth-order valence-electron chi connectivity index (χ4n) is 3.13. The molecule has 0 heterocycles. The highest BCUT2D eigenvalue weighted by Gasteiger charge is 2.29. The van der Waals surface area contributed by atoms with E-state index in [0.717, 1.165) is 11.1 Å². The molecule has 3 nitrogen and oxygen atoms in total. The van der Waals surface area contributed by atoms with E-state index in [0.29, 0.717) is 18.7 Å². The number of halogens is 1. The quantitative estimate of drug-likeness (QED) is 0.568. The number of esters is 1. The van der Waals surface area contributed by atoms with Gasteiger partial charge in [-0.2, -0.15) is 0 Å².